The minimum Gasteiger partial charge on any atom is -0.478 e. The molecule has 0 radical (unpaired) electrons. The summed E-state index contributed by atoms with van der Waals surface area (Å²) in [7, 11) is 0. The molecular formula is C18H19N3O. The molecule has 1 aromatic carbocycles. The van der Waals surface area contributed by atoms with Gasteiger partial charge in [0.2, 0.25) is 5.88 Å². The smallest absolute Gasteiger partial charge is 0.213 e. The van der Waals surface area contributed by atoms with Gasteiger partial charge in [0.15, 0.2) is 0 Å². The predicted octanol–water partition coefficient (Wildman–Crippen LogP) is 3.95. The van der Waals surface area contributed by atoms with E-state index in [2.05, 4.69) is 35.2 Å². The third kappa shape index (κ3) is 2.86. The molecule has 0 fully saturated rings. The van der Waals surface area contributed by atoms with Crippen LogP contribution in [0.5, 0.6) is 5.88 Å². The van der Waals surface area contributed by atoms with Gasteiger partial charge in [-0.3, -0.25) is 0 Å². The van der Waals surface area contributed by atoms with Crippen molar-refractivity contribution >= 4 is 0 Å². The summed E-state index contributed by atoms with van der Waals surface area (Å²) in [5, 5.41) is 4.50. The first-order valence-electron chi connectivity index (χ1n) is 7.40. The van der Waals surface area contributed by atoms with Crippen molar-refractivity contribution < 1.29 is 4.74 Å². The minimum absolute atomic E-state index is 0.625. The van der Waals surface area contributed by atoms with Crippen LogP contribution >= 0.6 is 0 Å². The lowest BCUT2D eigenvalue weighted by Gasteiger charge is -2.10. The van der Waals surface area contributed by atoms with Crippen molar-refractivity contribution in [3.8, 4) is 22.7 Å². The molecule has 4 heteroatoms. The molecule has 0 aliphatic rings. The SMILES string of the molecule is CCOc1ccc(-c2ccc(C)c(-n3ccc(C)n3)c2)cn1. The van der Waals surface area contributed by atoms with Gasteiger partial charge in [-0.05, 0) is 50.1 Å². The van der Waals surface area contributed by atoms with E-state index in [0.29, 0.717) is 12.5 Å². The van der Waals surface area contributed by atoms with Crippen molar-refractivity contribution in [1.29, 1.82) is 0 Å². The molecule has 0 saturated heterocycles. The molecule has 0 unspecified atom stereocenters. The maximum absolute atomic E-state index is 5.39. The van der Waals surface area contributed by atoms with Gasteiger partial charge in [-0.15, -0.1) is 0 Å². The molecule has 0 aliphatic carbocycles. The molecule has 0 saturated carbocycles. The maximum atomic E-state index is 5.39. The molecule has 0 spiro atoms. The predicted molar refractivity (Wildman–Crippen MR) is 87.4 cm³/mol. The molecule has 0 N–H and O–H groups in total. The van der Waals surface area contributed by atoms with Crippen LogP contribution in [0.15, 0.2) is 48.8 Å². The molecule has 112 valence electrons. The van der Waals surface area contributed by atoms with E-state index >= 15 is 0 Å². The monoisotopic (exact) mass is 293 g/mol. The van der Waals surface area contributed by atoms with Crippen molar-refractivity contribution in [3.63, 3.8) is 0 Å². The number of aromatic nitrogens is 3. The van der Waals surface area contributed by atoms with E-state index in [1.165, 1.54) is 5.56 Å². The largest absolute Gasteiger partial charge is 0.478 e. The van der Waals surface area contributed by atoms with Gasteiger partial charge in [-0.2, -0.15) is 5.10 Å². The molecule has 0 bridgehead atoms. The molecular weight excluding hydrogens is 274 g/mol. The highest BCUT2D eigenvalue weighted by Crippen LogP contribution is 2.25. The molecule has 2 aromatic heterocycles. The van der Waals surface area contributed by atoms with Crippen molar-refractivity contribution in [3.05, 3.63) is 60.0 Å². The van der Waals surface area contributed by atoms with Crippen LogP contribution < -0.4 is 4.74 Å². The lowest BCUT2D eigenvalue weighted by Crippen LogP contribution is -1.99. The molecule has 4 nitrogen and oxygen atoms in total. The summed E-state index contributed by atoms with van der Waals surface area (Å²) in [6.07, 6.45) is 3.83. The van der Waals surface area contributed by atoms with E-state index in [1.54, 1.807) is 0 Å². The Balaban J connectivity index is 1.98. The van der Waals surface area contributed by atoms with Crippen molar-refractivity contribution in [2.24, 2.45) is 0 Å². The Morgan fingerprint density at radius 2 is 1.86 bits per heavy atom. The first-order chi connectivity index (χ1) is 10.7. The van der Waals surface area contributed by atoms with Gasteiger partial charge in [-0.1, -0.05) is 12.1 Å². The Morgan fingerprint density at radius 1 is 1.05 bits per heavy atom. The van der Waals surface area contributed by atoms with Crippen LogP contribution in [0.25, 0.3) is 16.8 Å². The highest BCUT2D eigenvalue weighted by molar-refractivity contribution is 5.66. The van der Waals surface area contributed by atoms with E-state index < -0.39 is 0 Å². The van der Waals surface area contributed by atoms with Gasteiger partial charge in [0, 0.05) is 24.0 Å². The lowest BCUT2D eigenvalue weighted by molar-refractivity contribution is 0.327. The Hall–Kier alpha value is -2.62. The number of aryl methyl sites for hydroxylation is 2. The van der Waals surface area contributed by atoms with E-state index in [9.17, 15) is 0 Å². The molecule has 0 aliphatic heterocycles. The molecule has 3 rings (SSSR count). The normalized spacial score (nSPS) is 10.7. The first-order valence-corrected chi connectivity index (χ1v) is 7.40. The van der Waals surface area contributed by atoms with Gasteiger partial charge >= 0.3 is 0 Å². The van der Waals surface area contributed by atoms with Gasteiger partial charge in [0.05, 0.1) is 18.0 Å². The summed E-state index contributed by atoms with van der Waals surface area (Å²) >= 11 is 0. The summed E-state index contributed by atoms with van der Waals surface area (Å²) < 4.78 is 7.30. The zero-order valence-electron chi connectivity index (χ0n) is 13.1. The summed E-state index contributed by atoms with van der Waals surface area (Å²) in [6.45, 7) is 6.66. The van der Waals surface area contributed by atoms with Gasteiger partial charge in [-0.25, -0.2) is 9.67 Å². The second-order valence-corrected chi connectivity index (χ2v) is 5.22. The third-order valence-corrected chi connectivity index (χ3v) is 3.54. The summed E-state index contributed by atoms with van der Waals surface area (Å²) in [4.78, 5) is 4.33. The van der Waals surface area contributed by atoms with Gasteiger partial charge in [0.1, 0.15) is 0 Å². The third-order valence-electron chi connectivity index (χ3n) is 3.54. The Labute approximate surface area is 130 Å². The second kappa shape index (κ2) is 6.02. The van der Waals surface area contributed by atoms with Crippen molar-refractivity contribution in [2.75, 3.05) is 6.61 Å². The standard InChI is InChI=1S/C18H19N3O/c1-4-22-18-8-7-16(12-19-18)15-6-5-13(2)17(11-15)21-10-9-14(3)20-21/h5-12H,4H2,1-3H3. The fourth-order valence-electron chi connectivity index (χ4n) is 2.37. The fourth-order valence-corrected chi connectivity index (χ4v) is 2.37. The van der Waals surface area contributed by atoms with Gasteiger partial charge in [0.25, 0.3) is 0 Å². The number of benzene rings is 1. The maximum Gasteiger partial charge on any atom is 0.213 e. The summed E-state index contributed by atoms with van der Waals surface area (Å²) in [6, 6.07) is 12.3. The van der Waals surface area contributed by atoms with E-state index in [0.717, 1.165) is 22.5 Å². The number of ether oxygens (including phenoxy) is 1. The number of pyridine rings is 1. The molecule has 22 heavy (non-hydrogen) atoms. The van der Waals surface area contributed by atoms with E-state index in [-0.39, 0.29) is 0 Å². The highest BCUT2D eigenvalue weighted by atomic mass is 16.5. The number of nitrogens with zero attached hydrogens (tertiary/aromatic N) is 3. The zero-order chi connectivity index (χ0) is 15.5. The molecule has 3 aromatic rings. The Morgan fingerprint density at radius 3 is 2.50 bits per heavy atom. The second-order valence-electron chi connectivity index (χ2n) is 5.22. The first kappa shape index (κ1) is 14.3. The van der Waals surface area contributed by atoms with Crippen LogP contribution in [-0.2, 0) is 0 Å². The summed E-state index contributed by atoms with van der Waals surface area (Å²) in [5.41, 5.74) is 5.45. The van der Waals surface area contributed by atoms with Crippen LogP contribution in [0.1, 0.15) is 18.2 Å². The lowest BCUT2D eigenvalue weighted by atomic mass is 10.0. The fraction of sp³-hybridized carbons (Fsp3) is 0.222. The van der Waals surface area contributed by atoms with E-state index in [4.69, 9.17) is 4.74 Å². The summed E-state index contributed by atoms with van der Waals surface area (Å²) in [5.74, 6) is 0.654. The van der Waals surface area contributed by atoms with Crippen molar-refractivity contribution in [2.45, 2.75) is 20.8 Å². The van der Waals surface area contributed by atoms with Crippen LogP contribution in [0.4, 0.5) is 0 Å². The number of hydrogen-bond acceptors (Lipinski definition) is 3. The zero-order valence-corrected chi connectivity index (χ0v) is 13.1. The van der Waals surface area contributed by atoms with Gasteiger partial charge < -0.3 is 4.74 Å². The highest BCUT2D eigenvalue weighted by Gasteiger charge is 2.06. The molecule has 0 atom stereocenters. The average Bonchev–Trinajstić information content (AvgIpc) is 2.95. The quantitative estimate of drug-likeness (QED) is 0.731. The van der Waals surface area contributed by atoms with Crippen molar-refractivity contribution in [1.82, 2.24) is 14.8 Å². The Bertz CT molecular complexity index is 775. The Kier molecular flexibility index (Phi) is 3.92. The van der Waals surface area contributed by atoms with E-state index in [1.807, 2.05) is 49.1 Å². The average molecular weight is 293 g/mol. The van der Waals surface area contributed by atoms with Crippen LogP contribution in [0.3, 0.4) is 0 Å². The minimum atomic E-state index is 0.625. The number of rotatable bonds is 4. The van der Waals surface area contributed by atoms with Crippen LogP contribution in [-0.4, -0.2) is 21.4 Å². The van der Waals surface area contributed by atoms with Crippen LogP contribution in [0.2, 0.25) is 0 Å². The molecule has 2 heterocycles. The molecule has 0 amide bonds. The topological polar surface area (TPSA) is 39.9 Å². The van der Waals surface area contributed by atoms with Crippen LogP contribution in [0, 0.1) is 13.8 Å². The number of hydrogen-bond donors (Lipinski definition) is 0.